The number of rotatable bonds is 9. The Morgan fingerprint density at radius 1 is 1.07 bits per heavy atom. The van der Waals surface area contributed by atoms with Gasteiger partial charge < -0.3 is 10.6 Å². The minimum absolute atomic E-state index is 0.111. The molecule has 1 fully saturated rings. The molecule has 0 aromatic heterocycles. The van der Waals surface area contributed by atoms with E-state index < -0.39 is 10.0 Å². The molecule has 7 heteroatoms. The molecule has 1 saturated carbocycles. The van der Waals surface area contributed by atoms with Crippen molar-refractivity contribution in [2.24, 2.45) is 4.99 Å². The van der Waals surface area contributed by atoms with Crippen LogP contribution in [0.3, 0.4) is 0 Å². The molecule has 0 saturated heterocycles. The lowest BCUT2D eigenvalue weighted by molar-refractivity contribution is 0.581. The SMILES string of the molecule is CN=C(NCc1ccc(S(=O)(=O)NC2CC2)cc1)NC(C)CCc1ccccc1. The largest absolute Gasteiger partial charge is 0.354 e. The molecule has 0 aliphatic heterocycles. The summed E-state index contributed by atoms with van der Waals surface area (Å²) in [7, 11) is -1.65. The molecule has 29 heavy (non-hydrogen) atoms. The van der Waals surface area contributed by atoms with E-state index >= 15 is 0 Å². The van der Waals surface area contributed by atoms with Crippen LogP contribution in [0, 0.1) is 0 Å². The van der Waals surface area contributed by atoms with E-state index in [-0.39, 0.29) is 12.1 Å². The van der Waals surface area contributed by atoms with Crippen LogP contribution in [0.5, 0.6) is 0 Å². The van der Waals surface area contributed by atoms with Gasteiger partial charge in [-0.25, -0.2) is 13.1 Å². The molecule has 0 spiro atoms. The van der Waals surface area contributed by atoms with Crippen LogP contribution in [0.15, 0.2) is 64.5 Å². The molecule has 6 nitrogen and oxygen atoms in total. The van der Waals surface area contributed by atoms with Gasteiger partial charge in [-0.1, -0.05) is 42.5 Å². The molecule has 0 bridgehead atoms. The lowest BCUT2D eigenvalue weighted by atomic mass is 10.1. The molecule has 1 unspecified atom stereocenters. The molecule has 3 N–H and O–H groups in total. The summed E-state index contributed by atoms with van der Waals surface area (Å²) in [4.78, 5) is 4.59. The Hall–Kier alpha value is -2.38. The van der Waals surface area contributed by atoms with Crippen LogP contribution >= 0.6 is 0 Å². The van der Waals surface area contributed by atoms with Crippen molar-refractivity contribution >= 4 is 16.0 Å². The summed E-state index contributed by atoms with van der Waals surface area (Å²) in [6.45, 7) is 2.71. The Morgan fingerprint density at radius 3 is 2.38 bits per heavy atom. The number of benzene rings is 2. The number of hydrogen-bond donors (Lipinski definition) is 3. The number of aryl methyl sites for hydroxylation is 1. The van der Waals surface area contributed by atoms with E-state index in [0.717, 1.165) is 37.2 Å². The topological polar surface area (TPSA) is 82.6 Å². The fourth-order valence-electron chi connectivity index (χ4n) is 2.99. The van der Waals surface area contributed by atoms with Gasteiger partial charge in [-0.2, -0.15) is 0 Å². The van der Waals surface area contributed by atoms with E-state index in [2.05, 4.69) is 51.5 Å². The minimum Gasteiger partial charge on any atom is -0.354 e. The number of nitrogens with zero attached hydrogens (tertiary/aromatic N) is 1. The summed E-state index contributed by atoms with van der Waals surface area (Å²) in [5.74, 6) is 0.734. The zero-order valence-corrected chi connectivity index (χ0v) is 17.9. The van der Waals surface area contributed by atoms with E-state index in [4.69, 9.17) is 0 Å². The smallest absolute Gasteiger partial charge is 0.240 e. The van der Waals surface area contributed by atoms with Crippen LogP contribution in [0.1, 0.15) is 37.3 Å². The standard InChI is InChI=1S/C22H30N4O2S/c1-17(8-9-18-6-4-3-5-7-18)25-22(23-2)24-16-19-10-14-21(15-11-19)29(27,28)26-20-12-13-20/h3-7,10-11,14-15,17,20,26H,8-9,12-13,16H2,1-2H3,(H2,23,24,25). The highest BCUT2D eigenvalue weighted by atomic mass is 32.2. The zero-order chi connectivity index (χ0) is 20.7. The molecule has 2 aromatic rings. The Bertz CT molecular complexity index is 908. The van der Waals surface area contributed by atoms with E-state index in [9.17, 15) is 8.42 Å². The third kappa shape index (κ3) is 6.87. The van der Waals surface area contributed by atoms with Crippen molar-refractivity contribution in [2.45, 2.75) is 56.1 Å². The van der Waals surface area contributed by atoms with Crippen molar-refractivity contribution in [1.29, 1.82) is 0 Å². The third-order valence-electron chi connectivity index (χ3n) is 4.91. The average molecular weight is 415 g/mol. The van der Waals surface area contributed by atoms with Gasteiger partial charge in [0, 0.05) is 25.7 Å². The second-order valence-electron chi connectivity index (χ2n) is 7.53. The number of nitrogens with one attached hydrogen (secondary N) is 3. The lowest BCUT2D eigenvalue weighted by Gasteiger charge is -2.18. The first-order valence-corrected chi connectivity index (χ1v) is 11.6. The molecule has 156 valence electrons. The van der Waals surface area contributed by atoms with Crippen LogP contribution in [0.2, 0.25) is 0 Å². The number of guanidine groups is 1. The van der Waals surface area contributed by atoms with Crippen LogP contribution < -0.4 is 15.4 Å². The number of hydrogen-bond acceptors (Lipinski definition) is 3. The first kappa shape index (κ1) is 21.3. The van der Waals surface area contributed by atoms with Crippen molar-refractivity contribution in [1.82, 2.24) is 15.4 Å². The molecule has 1 atom stereocenters. The van der Waals surface area contributed by atoms with Crippen LogP contribution in [0.4, 0.5) is 0 Å². The monoisotopic (exact) mass is 414 g/mol. The summed E-state index contributed by atoms with van der Waals surface area (Å²) in [6, 6.07) is 17.8. The lowest BCUT2D eigenvalue weighted by Crippen LogP contribution is -2.42. The third-order valence-corrected chi connectivity index (χ3v) is 6.44. The van der Waals surface area contributed by atoms with Gasteiger partial charge in [0.1, 0.15) is 0 Å². The van der Waals surface area contributed by atoms with Crippen LogP contribution in [-0.4, -0.2) is 33.5 Å². The van der Waals surface area contributed by atoms with E-state index in [1.54, 1.807) is 19.2 Å². The van der Waals surface area contributed by atoms with E-state index in [1.807, 2.05) is 18.2 Å². The molecular weight excluding hydrogens is 384 g/mol. The highest BCUT2D eigenvalue weighted by molar-refractivity contribution is 7.89. The van der Waals surface area contributed by atoms with Gasteiger partial charge in [0.05, 0.1) is 4.90 Å². The zero-order valence-electron chi connectivity index (χ0n) is 17.1. The summed E-state index contributed by atoms with van der Waals surface area (Å²) >= 11 is 0. The molecule has 3 rings (SSSR count). The van der Waals surface area contributed by atoms with Gasteiger partial charge in [0.15, 0.2) is 5.96 Å². The number of aliphatic imine (C=N–C) groups is 1. The highest BCUT2D eigenvalue weighted by Gasteiger charge is 2.27. The minimum atomic E-state index is -3.40. The molecule has 0 heterocycles. The molecule has 2 aromatic carbocycles. The number of sulfonamides is 1. The van der Waals surface area contributed by atoms with Crippen molar-refractivity contribution in [2.75, 3.05) is 7.05 Å². The van der Waals surface area contributed by atoms with Gasteiger partial charge in [-0.3, -0.25) is 4.99 Å². The van der Waals surface area contributed by atoms with Crippen molar-refractivity contribution in [3.05, 3.63) is 65.7 Å². The van der Waals surface area contributed by atoms with Gasteiger partial charge in [0.2, 0.25) is 10.0 Å². The summed E-state index contributed by atoms with van der Waals surface area (Å²) in [6.07, 6.45) is 3.87. The maximum absolute atomic E-state index is 12.2. The quantitative estimate of drug-likeness (QED) is 0.435. The van der Waals surface area contributed by atoms with Gasteiger partial charge >= 0.3 is 0 Å². The van der Waals surface area contributed by atoms with Crippen molar-refractivity contribution in [3.63, 3.8) is 0 Å². The van der Waals surface area contributed by atoms with Crippen molar-refractivity contribution < 1.29 is 8.42 Å². The summed E-state index contributed by atoms with van der Waals surface area (Å²) < 4.78 is 27.2. The molecule has 1 aliphatic carbocycles. The fraction of sp³-hybridized carbons (Fsp3) is 0.409. The van der Waals surface area contributed by atoms with E-state index in [1.165, 1.54) is 5.56 Å². The molecule has 0 amide bonds. The molecule has 1 aliphatic rings. The maximum Gasteiger partial charge on any atom is 0.240 e. The molecular formula is C22H30N4O2S. The van der Waals surface area contributed by atoms with E-state index in [0.29, 0.717) is 11.4 Å². The van der Waals surface area contributed by atoms with Gasteiger partial charge in [-0.15, -0.1) is 0 Å². The Morgan fingerprint density at radius 2 is 1.76 bits per heavy atom. The van der Waals surface area contributed by atoms with Crippen molar-refractivity contribution in [3.8, 4) is 0 Å². The normalized spacial score (nSPS) is 15.7. The Kier molecular flexibility index (Phi) is 7.28. The predicted octanol–water partition coefficient (Wildman–Crippen LogP) is 2.81. The van der Waals surface area contributed by atoms with Gasteiger partial charge in [0.25, 0.3) is 0 Å². The molecule has 0 radical (unpaired) electrons. The predicted molar refractivity (Wildman–Crippen MR) is 117 cm³/mol. The van der Waals surface area contributed by atoms with Crippen LogP contribution in [0.25, 0.3) is 0 Å². The summed E-state index contributed by atoms with van der Waals surface area (Å²) in [5.41, 5.74) is 2.32. The summed E-state index contributed by atoms with van der Waals surface area (Å²) in [5, 5.41) is 6.69. The Balaban J connectivity index is 1.46. The van der Waals surface area contributed by atoms with Crippen LogP contribution in [-0.2, 0) is 23.0 Å². The second kappa shape index (κ2) is 9.89. The van der Waals surface area contributed by atoms with Gasteiger partial charge in [-0.05, 0) is 55.9 Å². The first-order valence-electron chi connectivity index (χ1n) is 10.1. The highest BCUT2D eigenvalue weighted by Crippen LogP contribution is 2.22. The maximum atomic E-state index is 12.2. The fourth-order valence-corrected chi connectivity index (χ4v) is 4.29. The first-order chi connectivity index (χ1) is 14.0. The second-order valence-corrected chi connectivity index (χ2v) is 9.25. The Labute approximate surface area is 173 Å². The average Bonchev–Trinajstić information content (AvgIpc) is 3.54.